The van der Waals surface area contributed by atoms with E-state index >= 15 is 0 Å². The Balaban J connectivity index is 1.35. The van der Waals surface area contributed by atoms with Gasteiger partial charge in [-0.3, -0.25) is 4.79 Å². The van der Waals surface area contributed by atoms with E-state index < -0.39 is 0 Å². The van der Waals surface area contributed by atoms with Gasteiger partial charge in [-0.1, -0.05) is 30.3 Å². The number of amides is 1. The number of rotatable bonds is 6. The molecule has 0 aliphatic rings. The SMILES string of the molecule is Cc1ccn2cc(CNC(=O)c3cc(-c4ccccc4)nc4c3cnn4Cc3ccco3)nc2c1. The first-order valence-corrected chi connectivity index (χ1v) is 11.3. The summed E-state index contributed by atoms with van der Waals surface area (Å²) in [7, 11) is 0. The van der Waals surface area contributed by atoms with Crippen molar-refractivity contribution < 1.29 is 9.21 Å². The standard InChI is InChI=1S/C27H22N6O2/c1-18-9-10-32-16-20(30-25(32)12-18)14-28-27(34)22-13-24(19-6-3-2-4-7-19)31-26-23(22)15-29-33(26)17-21-8-5-11-35-21/h2-13,15-16H,14,17H2,1H3,(H,28,34). The molecule has 0 unspecified atom stereocenters. The van der Waals surface area contributed by atoms with Crippen LogP contribution in [-0.4, -0.2) is 30.1 Å². The van der Waals surface area contributed by atoms with Crippen molar-refractivity contribution in [2.75, 3.05) is 0 Å². The second-order valence-corrected chi connectivity index (χ2v) is 8.42. The topological polar surface area (TPSA) is 90.2 Å². The predicted octanol–water partition coefficient (Wildman–Crippen LogP) is 4.63. The van der Waals surface area contributed by atoms with Crippen molar-refractivity contribution in [3.8, 4) is 11.3 Å². The molecule has 0 saturated carbocycles. The molecule has 0 atom stereocenters. The molecule has 1 aromatic carbocycles. The van der Waals surface area contributed by atoms with Crippen LogP contribution in [0, 0.1) is 6.92 Å². The van der Waals surface area contributed by atoms with Gasteiger partial charge in [0, 0.05) is 18.0 Å². The number of hydrogen-bond donors (Lipinski definition) is 1. The first-order chi connectivity index (χ1) is 17.1. The maximum Gasteiger partial charge on any atom is 0.252 e. The van der Waals surface area contributed by atoms with Crippen LogP contribution in [0.1, 0.15) is 27.4 Å². The molecule has 0 radical (unpaired) electrons. The quantitative estimate of drug-likeness (QED) is 0.390. The minimum atomic E-state index is -0.208. The van der Waals surface area contributed by atoms with Crippen LogP contribution in [0.3, 0.4) is 0 Å². The van der Waals surface area contributed by atoms with Gasteiger partial charge in [0.25, 0.3) is 5.91 Å². The number of hydrogen-bond acceptors (Lipinski definition) is 5. The molecule has 0 aliphatic heterocycles. The Labute approximate surface area is 200 Å². The lowest BCUT2D eigenvalue weighted by atomic mass is 10.1. The zero-order valence-electron chi connectivity index (χ0n) is 19.0. The Hall–Kier alpha value is -4.72. The Morgan fingerprint density at radius 2 is 1.94 bits per heavy atom. The van der Waals surface area contributed by atoms with Crippen molar-refractivity contribution in [2.24, 2.45) is 0 Å². The Kier molecular flexibility index (Phi) is 5.11. The molecule has 0 saturated heterocycles. The van der Waals surface area contributed by atoms with E-state index in [4.69, 9.17) is 9.40 Å². The van der Waals surface area contributed by atoms with E-state index in [2.05, 4.69) is 15.4 Å². The molecule has 1 N–H and O–H groups in total. The van der Waals surface area contributed by atoms with Crippen molar-refractivity contribution in [3.63, 3.8) is 0 Å². The number of nitrogens with zero attached hydrogens (tertiary/aromatic N) is 5. The van der Waals surface area contributed by atoms with Crippen molar-refractivity contribution in [3.05, 3.63) is 108 Å². The van der Waals surface area contributed by atoms with E-state index in [0.717, 1.165) is 28.2 Å². The van der Waals surface area contributed by atoms with E-state index in [-0.39, 0.29) is 5.91 Å². The lowest BCUT2D eigenvalue weighted by molar-refractivity contribution is 0.0952. The molecule has 0 bridgehead atoms. The van der Waals surface area contributed by atoms with Crippen LogP contribution in [0.4, 0.5) is 0 Å². The molecule has 172 valence electrons. The molecule has 5 aromatic heterocycles. The summed E-state index contributed by atoms with van der Waals surface area (Å²) < 4.78 is 9.19. The molecule has 0 fully saturated rings. The zero-order chi connectivity index (χ0) is 23.8. The van der Waals surface area contributed by atoms with Crippen molar-refractivity contribution >= 4 is 22.6 Å². The Morgan fingerprint density at radius 1 is 1.06 bits per heavy atom. The summed E-state index contributed by atoms with van der Waals surface area (Å²) in [6.07, 6.45) is 7.20. The summed E-state index contributed by atoms with van der Waals surface area (Å²) in [5, 5.41) is 8.20. The second kappa shape index (κ2) is 8.57. The average molecular weight is 463 g/mol. The summed E-state index contributed by atoms with van der Waals surface area (Å²) in [5.41, 5.74) is 5.53. The van der Waals surface area contributed by atoms with Gasteiger partial charge < -0.3 is 14.1 Å². The number of carbonyl (C=O) groups excluding carboxylic acids is 1. The van der Waals surface area contributed by atoms with E-state index in [1.54, 1.807) is 17.1 Å². The van der Waals surface area contributed by atoms with Gasteiger partial charge in [-0.2, -0.15) is 5.10 Å². The lowest BCUT2D eigenvalue weighted by Crippen LogP contribution is -2.23. The van der Waals surface area contributed by atoms with Crippen molar-refractivity contribution in [2.45, 2.75) is 20.0 Å². The number of imidazole rings is 1. The van der Waals surface area contributed by atoms with Gasteiger partial charge in [0.05, 0.1) is 41.3 Å². The van der Waals surface area contributed by atoms with E-state index in [0.29, 0.717) is 35.4 Å². The number of aryl methyl sites for hydroxylation is 1. The highest BCUT2D eigenvalue weighted by Crippen LogP contribution is 2.25. The minimum absolute atomic E-state index is 0.208. The van der Waals surface area contributed by atoms with Crippen LogP contribution >= 0.6 is 0 Å². The summed E-state index contributed by atoms with van der Waals surface area (Å²) in [6.45, 7) is 2.76. The fourth-order valence-corrected chi connectivity index (χ4v) is 4.15. The number of pyridine rings is 2. The van der Waals surface area contributed by atoms with Gasteiger partial charge in [0.15, 0.2) is 5.65 Å². The molecular formula is C27H22N6O2. The molecule has 6 rings (SSSR count). The number of aromatic nitrogens is 5. The highest BCUT2D eigenvalue weighted by Gasteiger charge is 2.18. The molecule has 8 nitrogen and oxygen atoms in total. The Morgan fingerprint density at radius 3 is 2.77 bits per heavy atom. The summed E-state index contributed by atoms with van der Waals surface area (Å²) >= 11 is 0. The highest BCUT2D eigenvalue weighted by atomic mass is 16.3. The van der Waals surface area contributed by atoms with Gasteiger partial charge in [-0.25, -0.2) is 14.6 Å². The monoisotopic (exact) mass is 462 g/mol. The van der Waals surface area contributed by atoms with Gasteiger partial charge in [0.1, 0.15) is 18.0 Å². The van der Waals surface area contributed by atoms with Crippen molar-refractivity contribution in [1.82, 2.24) is 29.5 Å². The summed E-state index contributed by atoms with van der Waals surface area (Å²) in [4.78, 5) is 22.9. The summed E-state index contributed by atoms with van der Waals surface area (Å²) in [5.74, 6) is 0.551. The van der Waals surface area contributed by atoms with Crippen LogP contribution in [0.15, 0.2) is 89.9 Å². The number of fused-ring (bicyclic) bond motifs is 2. The third kappa shape index (κ3) is 4.06. The number of carbonyl (C=O) groups is 1. The maximum atomic E-state index is 13.4. The molecule has 6 aromatic rings. The van der Waals surface area contributed by atoms with Crippen LogP contribution in [0.5, 0.6) is 0 Å². The fraction of sp³-hybridized carbons (Fsp3) is 0.111. The van der Waals surface area contributed by atoms with Crippen LogP contribution in [0.25, 0.3) is 27.9 Å². The van der Waals surface area contributed by atoms with Gasteiger partial charge in [0.2, 0.25) is 0 Å². The molecule has 5 heterocycles. The smallest absolute Gasteiger partial charge is 0.252 e. The minimum Gasteiger partial charge on any atom is -0.467 e. The molecule has 0 aliphatic carbocycles. The van der Waals surface area contributed by atoms with E-state index in [1.165, 1.54) is 0 Å². The maximum absolute atomic E-state index is 13.4. The zero-order valence-corrected chi connectivity index (χ0v) is 19.0. The average Bonchev–Trinajstić information content (AvgIpc) is 3.63. The van der Waals surface area contributed by atoms with Crippen LogP contribution < -0.4 is 5.32 Å². The number of furan rings is 1. The van der Waals surface area contributed by atoms with Gasteiger partial charge >= 0.3 is 0 Å². The molecule has 0 spiro atoms. The largest absolute Gasteiger partial charge is 0.467 e. The van der Waals surface area contributed by atoms with E-state index in [9.17, 15) is 4.79 Å². The Bertz CT molecular complexity index is 1650. The van der Waals surface area contributed by atoms with Crippen LogP contribution in [0.2, 0.25) is 0 Å². The van der Waals surface area contributed by atoms with E-state index in [1.807, 2.05) is 84.4 Å². The number of benzene rings is 1. The second-order valence-electron chi connectivity index (χ2n) is 8.42. The highest BCUT2D eigenvalue weighted by molar-refractivity contribution is 6.06. The third-order valence-corrected chi connectivity index (χ3v) is 5.90. The van der Waals surface area contributed by atoms with Gasteiger partial charge in [-0.15, -0.1) is 0 Å². The number of nitrogens with one attached hydrogen (secondary N) is 1. The first kappa shape index (κ1) is 20.9. The molecular weight excluding hydrogens is 440 g/mol. The van der Waals surface area contributed by atoms with Crippen molar-refractivity contribution in [1.29, 1.82) is 0 Å². The molecule has 35 heavy (non-hydrogen) atoms. The molecule has 8 heteroatoms. The fourth-order valence-electron chi connectivity index (χ4n) is 4.15. The summed E-state index contributed by atoms with van der Waals surface area (Å²) in [6, 6.07) is 19.4. The predicted molar refractivity (Wildman–Crippen MR) is 132 cm³/mol. The van der Waals surface area contributed by atoms with Gasteiger partial charge in [-0.05, 0) is 42.8 Å². The van der Waals surface area contributed by atoms with Crippen LogP contribution in [-0.2, 0) is 13.1 Å². The normalized spacial score (nSPS) is 11.3. The molecule has 1 amide bonds. The third-order valence-electron chi connectivity index (χ3n) is 5.90. The lowest BCUT2D eigenvalue weighted by Gasteiger charge is -2.09. The first-order valence-electron chi connectivity index (χ1n) is 11.3.